The van der Waals surface area contributed by atoms with Gasteiger partial charge in [-0.1, -0.05) is 0 Å². The number of aliphatic hydroxyl groups is 1. The lowest BCUT2D eigenvalue weighted by Crippen LogP contribution is -2.35. The molecule has 0 aromatic rings. The van der Waals surface area contributed by atoms with Crippen LogP contribution in [0.4, 0.5) is 0 Å². The van der Waals surface area contributed by atoms with E-state index >= 15 is 0 Å². The molecule has 1 saturated carbocycles. The average Bonchev–Trinajstić information content (AvgIpc) is 2.36. The number of likely N-dealkylation sites (N-methyl/N-ethyl adjacent to an activating group) is 1. The molecule has 1 fully saturated rings. The lowest BCUT2D eigenvalue weighted by molar-refractivity contribution is -0.133. The van der Waals surface area contributed by atoms with E-state index in [9.17, 15) is 4.79 Å². The summed E-state index contributed by atoms with van der Waals surface area (Å²) in [6.07, 6.45) is 5.33. The number of amides is 1. The van der Waals surface area contributed by atoms with E-state index in [4.69, 9.17) is 9.84 Å². The van der Waals surface area contributed by atoms with Gasteiger partial charge in [0.15, 0.2) is 0 Å². The van der Waals surface area contributed by atoms with E-state index in [-0.39, 0.29) is 12.5 Å². The number of methoxy groups -OCH3 is 1. The van der Waals surface area contributed by atoms with Crippen LogP contribution in [0.1, 0.15) is 39.0 Å². The molecule has 1 aliphatic rings. The van der Waals surface area contributed by atoms with Gasteiger partial charge in [-0.3, -0.25) is 4.79 Å². The normalized spacial score (nSPS) is 24.6. The second kappa shape index (κ2) is 7.67. The van der Waals surface area contributed by atoms with Crippen LogP contribution in [0, 0.1) is 5.92 Å². The van der Waals surface area contributed by atoms with E-state index in [0.29, 0.717) is 31.5 Å². The van der Waals surface area contributed by atoms with Crippen LogP contribution < -0.4 is 0 Å². The minimum Gasteiger partial charge on any atom is -0.395 e. The Morgan fingerprint density at radius 2 is 2.00 bits per heavy atom. The van der Waals surface area contributed by atoms with E-state index in [1.807, 2.05) is 6.92 Å². The number of aliphatic hydroxyl groups excluding tert-OH is 1. The van der Waals surface area contributed by atoms with Gasteiger partial charge in [-0.15, -0.1) is 0 Å². The molecule has 4 heteroatoms. The first-order valence-corrected chi connectivity index (χ1v) is 6.62. The van der Waals surface area contributed by atoms with Gasteiger partial charge in [-0.25, -0.2) is 0 Å². The quantitative estimate of drug-likeness (QED) is 0.767. The molecule has 0 atom stereocenters. The van der Waals surface area contributed by atoms with E-state index in [0.717, 1.165) is 25.7 Å². The molecule has 17 heavy (non-hydrogen) atoms. The molecular formula is C13H25NO3. The number of hydrogen-bond donors (Lipinski definition) is 1. The van der Waals surface area contributed by atoms with Crippen molar-refractivity contribution in [2.45, 2.75) is 45.1 Å². The smallest absolute Gasteiger partial charge is 0.222 e. The Hall–Kier alpha value is -0.610. The number of rotatable bonds is 6. The van der Waals surface area contributed by atoms with Crippen LogP contribution in [0.15, 0.2) is 0 Å². The summed E-state index contributed by atoms with van der Waals surface area (Å²) >= 11 is 0. The van der Waals surface area contributed by atoms with Crippen LogP contribution in [0.5, 0.6) is 0 Å². The van der Waals surface area contributed by atoms with Crippen molar-refractivity contribution in [3.63, 3.8) is 0 Å². The summed E-state index contributed by atoms with van der Waals surface area (Å²) < 4.78 is 5.32. The van der Waals surface area contributed by atoms with Crippen molar-refractivity contribution >= 4 is 5.91 Å². The van der Waals surface area contributed by atoms with E-state index in [1.165, 1.54) is 0 Å². The van der Waals surface area contributed by atoms with Gasteiger partial charge in [-0.05, 0) is 38.5 Å². The van der Waals surface area contributed by atoms with E-state index in [1.54, 1.807) is 12.0 Å². The standard InChI is InChI=1S/C13H25NO3/c1-3-14(8-9-15)13(16)10-11-4-6-12(17-2)7-5-11/h11-12,15H,3-10H2,1-2H3. The summed E-state index contributed by atoms with van der Waals surface area (Å²) in [6.45, 7) is 3.15. The van der Waals surface area contributed by atoms with Crippen LogP contribution in [0.25, 0.3) is 0 Å². The van der Waals surface area contributed by atoms with Gasteiger partial charge in [0.05, 0.1) is 12.7 Å². The molecule has 1 N–H and O–H groups in total. The van der Waals surface area contributed by atoms with E-state index in [2.05, 4.69) is 0 Å². The van der Waals surface area contributed by atoms with Gasteiger partial charge >= 0.3 is 0 Å². The maximum atomic E-state index is 12.0. The molecule has 0 saturated heterocycles. The van der Waals surface area contributed by atoms with Crippen molar-refractivity contribution < 1.29 is 14.6 Å². The zero-order chi connectivity index (χ0) is 12.7. The summed E-state index contributed by atoms with van der Waals surface area (Å²) in [5.41, 5.74) is 0. The Morgan fingerprint density at radius 1 is 1.35 bits per heavy atom. The first kappa shape index (κ1) is 14.5. The molecule has 0 unspecified atom stereocenters. The minimum absolute atomic E-state index is 0.0516. The summed E-state index contributed by atoms with van der Waals surface area (Å²) in [5.74, 6) is 0.684. The summed E-state index contributed by atoms with van der Waals surface area (Å²) in [6, 6.07) is 0. The third-order valence-corrected chi connectivity index (χ3v) is 3.69. The molecule has 1 amide bonds. The SMILES string of the molecule is CCN(CCO)C(=O)CC1CCC(OC)CC1. The maximum absolute atomic E-state index is 12.0. The van der Waals surface area contributed by atoms with Crippen molar-refractivity contribution in [1.29, 1.82) is 0 Å². The first-order chi connectivity index (χ1) is 8.21. The van der Waals surface area contributed by atoms with Gasteiger partial charge in [0.1, 0.15) is 0 Å². The van der Waals surface area contributed by atoms with E-state index < -0.39 is 0 Å². The van der Waals surface area contributed by atoms with Crippen molar-refractivity contribution in [1.82, 2.24) is 4.90 Å². The molecule has 100 valence electrons. The zero-order valence-electron chi connectivity index (χ0n) is 11.0. The van der Waals surface area contributed by atoms with Crippen LogP contribution in [0.3, 0.4) is 0 Å². The first-order valence-electron chi connectivity index (χ1n) is 6.62. The molecule has 0 radical (unpaired) electrons. The summed E-state index contributed by atoms with van der Waals surface area (Å²) in [5, 5.41) is 8.88. The molecule has 0 aromatic carbocycles. The fraction of sp³-hybridized carbons (Fsp3) is 0.923. The summed E-state index contributed by atoms with van der Waals surface area (Å²) in [7, 11) is 1.76. The highest BCUT2D eigenvalue weighted by molar-refractivity contribution is 5.76. The Labute approximate surface area is 104 Å². The van der Waals surface area contributed by atoms with Gasteiger partial charge in [-0.2, -0.15) is 0 Å². The third-order valence-electron chi connectivity index (χ3n) is 3.69. The van der Waals surface area contributed by atoms with Crippen LogP contribution in [-0.4, -0.2) is 48.8 Å². The third kappa shape index (κ3) is 4.64. The Balaban J connectivity index is 2.31. The molecule has 0 aromatic heterocycles. The lowest BCUT2D eigenvalue weighted by atomic mass is 9.85. The molecule has 0 spiro atoms. The number of hydrogen-bond acceptors (Lipinski definition) is 3. The average molecular weight is 243 g/mol. The zero-order valence-corrected chi connectivity index (χ0v) is 11.0. The molecule has 1 rings (SSSR count). The van der Waals surface area contributed by atoms with Gasteiger partial charge in [0, 0.05) is 26.6 Å². The molecule has 0 bridgehead atoms. The number of ether oxygens (including phenoxy) is 1. The number of carbonyl (C=O) groups is 1. The molecule has 1 aliphatic carbocycles. The fourth-order valence-corrected chi connectivity index (χ4v) is 2.53. The topological polar surface area (TPSA) is 49.8 Å². The van der Waals surface area contributed by atoms with Crippen LogP contribution in [0.2, 0.25) is 0 Å². The molecule has 4 nitrogen and oxygen atoms in total. The molecular weight excluding hydrogens is 218 g/mol. The highest BCUT2D eigenvalue weighted by atomic mass is 16.5. The van der Waals surface area contributed by atoms with Crippen molar-refractivity contribution in [3.05, 3.63) is 0 Å². The van der Waals surface area contributed by atoms with Gasteiger partial charge in [0.25, 0.3) is 0 Å². The molecule has 0 heterocycles. The highest BCUT2D eigenvalue weighted by Crippen LogP contribution is 2.28. The number of carbonyl (C=O) groups excluding carboxylic acids is 1. The lowest BCUT2D eigenvalue weighted by Gasteiger charge is -2.29. The largest absolute Gasteiger partial charge is 0.395 e. The summed E-state index contributed by atoms with van der Waals surface area (Å²) in [4.78, 5) is 13.7. The Bertz CT molecular complexity index is 225. The minimum atomic E-state index is 0.0516. The molecule has 0 aliphatic heterocycles. The predicted molar refractivity (Wildman–Crippen MR) is 66.7 cm³/mol. The van der Waals surface area contributed by atoms with Gasteiger partial charge in [0.2, 0.25) is 5.91 Å². The van der Waals surface area contributed by atoms with Crippen molar-refractivity contribution in [2.75, 3.05) is 26.8 Å². The van der Waals surface area contributed by atoms with Crippen molar-refractivity contribution in [2.24, 2.45) is 5.92 Å². The second-order valence-electron chi connectivity index (χ2n) is 4.78. The maximum Gasteiger partial charge on any atom is 0.222 e. The fourth-order valence-electron chi connectivity index (χ4n) is 2.53. The van der Waals surface area contributed by atoms with Crippen molar-refractivity contribution in [3.8, 4) is 0 Å². The monoisotopic (exact) mass is 243 g/mol. The second-order valence-corrected chi connectivity index (χ2v) is 4.78. The van der Waals surface area contributed by atoms with Crippen LogP contribution in [-0.2, 0) is 9.53 Å². The van der Waals surface area contributed by atoms with Gasteiger partial charge < -0.3 is 14.7 Å². The predicted octanol–water partition coefficient (Wildman–Crippen LogP) is 1.42. The Morgan fingerprint density at radius 3 is 2.47 bits per heavy atom. The highest BCUT2D eigenvalue weighted by Gasteiger charge is 2.24. The Kier molecular flexibility index (Phi) is 6.52. The number of nitrogens with zero attached hydrogens (tertiary/aromatic N) is 1. The van der Waals surface area contributed by atoms with Crippen LogP contribution >= 0.6 is 0 Å².